The van der Waals surface area contributed by atoms with Crippen LogP contribution in [0.1, 0.15) is 16.7 Å². The zero-order chi connectivity index (χ0) is 19.7. The van der Waals surface area contributed by atoms with Crippen LogP contribution in [0, 0.1) is 10.2 Å². The van der Waals surface area contributed by atoms with Gasteiger partial charge >= 0.3 is 5.79 Å². The van der Waals surface area contributed by atoms with Gasteiger partial charge < -0.3 is 18.9 Å². The minimum absolute atomic E-state index is 0.264. The first-order valence-corrected chi connectivity index (χ1v) is 8.93. The molecule has 0 N–H and O–H groups in total. The highest BCUT2D eigenvalue weighted by Crippen LogP contribution is 2.45. The highest BCUT2D eigenvalue weighted by molar-refractivity contribution is 5.64. The first-order valence-electron chi connectivity index (χ1n) is 7.70. The summed E-state index contributed by atoms with van der Waals surface area (Å²) in [6.07, 6.45) is 2.84. The fraction of sp³-hybridized carbons (Fsp3) is 0.222. The summed E-state index contributed by atoms with van der Waals surface area (Å²) in [7, 11) is -0.428. The molecule has 2 aromatic carbocycles. The maximum absolute atomic E-state index is 11.5. The lowest BCUT2D eigenvalue weighted by Gasteiger charge is -2.32. The van der Waals surface area contributed by atoms with Crippen LogP contribution >= 0.6 is 0 Å². The predicted octanol–water partition coefficient (Wildman–Crippen LogP) is -0.172. The van der Waals surface area contributed by atoms with Crippen LogP contribution in [-0.4, -0.2) is 21.3 Å². The summed E-state index contributed by atoms with van der Waals surface area (Å²) in [6, 6.07) is 9.40. The molecule has 27 heavy (non-hydrogen) atoms. The third-order valence-corrected chi connectivity index (χ3v) is 4.47. The van der Waals surface area contributed by atoms with Crippen molar-refractivity contribution in [3.05, 3.63) is 59.4 Å². The van der Waals surface area contributed by atoms with Crippen LogP contribution in [0.2, 0.25) is 0 Å². The number of methoxy groups -OCH3 is 3. The molecule has 1 heterocycles. The lowest BCUT2D eigenvalue weighted by Crippen LogP contribution is -2.64. The molecule has 0 saturated carbocycles. The molecule has 9 heteroatoms. The van der Waals surface area contributed by atoms with Gasteiger partial charge in [-0.2, -0.15) is 14.0 Å². The van der Waals surface area contributed by atoms with E-state index in [9.17, 15) is 14.0 Å². The Balaban J connectivity index is 2.24. The van der Waals surface area contributed by atoms with E-state index in [1.165, 1.54) is 33.7 Å². The molecule has 0 aromatic heterocycles. The monoisotopic (exact) mass is 396 g/mol. The van der Waals surface area contributed by atoms with Crippen molar-refractivity contribution in [3.8, 4) is 17.2 Å². The second kappa shape index (κ2) is 7.26. The summed E-state index contributed by atoms with van der Waals surface area (Å²) in [5.74, 6) is -0.751. The van der Waals surface area contributed by atoms with Crippen molar-refractivity contribution < 1.29 is 47.5 Å². The zero-order valence-electron chi connectivity index (χ0n) is 14.8. The minimum Gasteiger partial charge on any atom is -0.497 e. The van der Waals surface area contributed by atoms with Crippen LogP contribution in [0.15, 0.2) is 42.7 Å². The van der Waals surface area contributed by atoms with Crippen molar-refractivity contribution in [2.45, 2.75) is 5.79 Å². The molecule has 0 fully saturated rings. The second-order valence-electron chi connectivity index (χ2n) is 5.52. The van der Waals surface area contributed by atoms with E-state index >= 15 is 0 Å². The summed E-state index contributed by atoms with van der Waals surface area (Å²) in [6.45, 7) is 0. The molecular weight excluding hydrogens is 380 g/mol. The molecule has 0 aliphatic carbocycles. The van der Waals surface area contributed by atoms with Crippen molar-refractivity contribution in [2.24, 2.45) is 0 Å². The highest BCUT2D eigenvalue weighted by atomic mass is 35.7. The molecule has 0 radical (unpaired) electrons. The van der Waals surface area contributed by atoms with Gasteiger partial charge in [-0.15, -0.1) is 0 Å². The molecule has 144 valence electrons. The Hall–Kier alpha value is -2.49. The van der Waals surface area contributed by atoms with E-state index in [0.29, 0.717) is 22.8 Å². The van der Waals surface area contributed by atoms with Crippen LogP contribution in [-0.2, 0) is 14.8 Å². The Kier molecular flexibility index (Phi) is 5.18. The lowest BCUT2D eigenvalue weighted by molar-refractivity contribution is -1.92. The summed E-state index contributed by atoms with van der Waals surface area (Å²) >= 11 is 0. The van der Waals surface area contributed by atoms with Gasteiger partial charge in [0.2, 0.25) is 0 Å². The maximum Gasteiger partial charge on any atom is 0.414 e. The second-order valence-corrected chi connectivity index (χ2v) is 6.43. The summed E-state index contributed by atoms with van der Waals surface area (Å²) in [5, 5.41) is 0. The number of halogens is 1. The minimum atomic E-state index is -4.83. The molecule has 2 aromatic rings. The first kappa shape index (κ1) is 19.3. The number of ether oxygens (including phenoxy) is 4. The summed E-state index contributed by atoms with van der Waals surface area (Å²) in [5.41, 5.74) is 1.07. The molecule has 3 rings (SSSR count). The largest absolute Gasteiger partial charge is 0.497 e. The van der Waals surface area contributed by atoms with E-state index in [-0.39, 0.29) is 11.1 Å². The van der Waals surface area contributed by atoms with Crippen LogP contribution in [0.3, 0.4) is 0 Å². The smallest absolute Gasteiger partial charge is 0.414 e. The molecule has 8 nitrogen and oxygen atoms in total. The number of hydrogen-bond donors (Lipinski definition) is 0. The third-order valence-electron chi connectivity index (χ3n) is 4.07. The quantitative estimate of drug-likeness (QED) is 0.660. The van der Waals surface area contributed by atoms with Gasteiger partial charge in [0.05, 0.1) is 43.4 Å². The van der Waals surface area contributed by atoms with Gasteiger partial charge in [-0.05, 0) is 48.0 Å². The standard InChI is InChI=1S/C18H17ClO8/c1-23-14-6-4-13(5-7-14)18(27-19(20,21)22)15-11-17(25-3)16(24-2)10-12(15)8-9-26-18/h4-11H,1-3H3. The number of hydrogen-bond acceptors (Lipinski definition) is 8. The maximum atomic E-state index is 11.5. The van der Waals surface area contributed by atoms with Crippen LogP contribution < -0.4 is 28.2 Å². The normalized spacial score (nSPS) is 18.4. The average molecular weight is 397 g/mol. The van der Waals surface area contributed by atoms with Gasteiger partial charge in [-0.3, -0.25) is 0 Å². The number of rotatable bonds is 6. The van der Waals surface area contributed by atoms with Gasteiger partial charge in [0.1, 0.15) is 10.0 Å². The lowest BCUT2D eigenvalue weighted by atomic mass is 9.91. The van der Waals surface area contributed by atoms with Gasteiger partial charge in [0, 0.05) is 5.56 Å². The Morgan fingerprint density at radius 2 is 1.52 bits per heavy atom. The Bertz CT molecular complexity index is 844. The molecule has 0 bridgehead atoms. The molecule has 0 spiro atoms. The van der Waals surface area contributed by atoms with Crippen LogP contribution in [0.5, 0.6) is 17.2 Å². The fourth-order valence-corrected chi connectivity index (χ4v) is 3.33. The Labute approximate surface area is 157 Å². The average Bonchev–Trinajstić information content (AvgIpc) is 2.66. The molecular formula is C18H17ClO8. The van der Waals surface area contributed by atoms with Crippen molar-refractivity contribution in [1.82, 2.24) is 0 Å². The fourth-order valence-electron chi connectivity index (χ4n) is 2.86. The molecule has 1 unspecified atom stereocenters. The zero-order valence-corrected chi connectivity index (χ0v) is 15.5. The van der Waals surface area contributed by atoms with E-state index in [2.05, 4.69) is 0 Å². The SMILES string of the molecule is COc1ccc(C2(O[Cl+3]([O-])([O-])[O-])OC=Cc3cc(OC)c(OC)cc32)cc1. The topological polar surface area (TPSA) is 115 Å². The van der Waals surface area contributed by atoms with Gasteiger partial charge in [-0.1, -0.05) is 0 Å². The molecule has 1 aliphatic heterocycles. The predicted molar refractivity (Wildman–Crippen MR) is 84.5 cm³/mol. The van der Waals surface area contributed by atoms with Gasteiger partial charge in [0.15, 0.2) is 11.5 Å². The van der Waals surface area contributed by atoms with Crippen molar-refractivity contribution in [3.63, 3.8) is 0 Å². The molecule has 1 aliphatic rings. The Morgan fingerprint density at radius 1 is 0.889 bits per heavy atom. The van der Waals surface area contributed by atoms with Crippen molar-refractivity contribution in [2.75, 3.05) is 21.3 Å². The van der Waals surface area contributed by atoms with Crippen LogP contribution in [0.4, 0.5) is 0 Å². The number of fused-ring (bicyclic) bond motifs is 1. The first-order chi connectivity index (χ1) is 12.8. The van der Waals surface area contributed by atoms with Crippen LogP contribution in [0.25, 0.3) is 6.08 Å². The van der Waals surface area contributed by atoms with Gasteiger partial charge in [0.25, 0.3) is 0 Å². The van der Waals surface area contributed by atoms with E-state index in [0.717, 1.165) is 0 Å². The van der Waals surface area contributed by atoms with E-state index < -0.39 is 16.0 Å². The van der Waals surface area contributed by atoms with Crippen molar-refractivity contribution >= 4 is 6.08 Å². The van der Waals surface area contributed by atoms with Crippen molar-refractivity contribution in [1.29, 1.82) is 0 Å². The highest BCUT2D eigenvalue weighted by Gasteiger charge is 2.54. The molecule has 0 amide bonds. The van der Waals surface area contributed by atoms with E-state index in [1.54, 1.807) is 36.4 Å². The molecule has 1 atom stereocenters. The summed E-state index contributed by atoms with van der Waals surface area (Å²) in [4.78, 5) is 0. The summed E-state index contributed by atoms with van der Waals surface area (Å²) < 4.78 is 60.6. The van der Waals surface area contributed by atoms with E-state index in [4.69, 9.17) is 23.2 Å². The number of benzene rings is 2. The Morgan fingerprint density at radius 3 is 2.07 bits per heavy atom. The van der Waals surface area contributed by atoms with E-state index in [1.807, 2.05) is 0 Å². The van der Waals surface area contributed by atoms with Gasteiger partial charge in [-0.25, -0.2) is 0 Å². The third kappa shape index (κ3) is 3.66. The molecule has 0 saturated heterocycles.